The van der Waals surface area contributed by atoms with Gasteiger partial charge in [-0.15, -0.1) is 23.7 Å². The van der Waals surface area contributed by atoms with E-state index in [1.54, 1.807) is 6.92 Å². The molecule has 1 aliphatic heterocycles. The zero-order valence-electron chi connectivity index (χ0n) is 13.6. The van der Waals surface area contributed by atoms with E-state index < -0.39 is 11.9 Å². The molecule has 1 unspecified atom stereocenters. The Labute approximate surface area is 153 Å². The molecule has 1 aliphatic rings. The lowest BCUT2D eigenvalue weighted by atomic mass is 10.00. The van der Waals surface area contributed by atoms with Crippen molar-refractivity contribution in [2.45, 2.75) is 25.9 Å². The van der Waals surface area contributed by atoms with Crippen LogP contribution in [0, 0.1) is 12.8 Å². The van der Waals surface area contributed by atoms with Gasteiger partial charge in [-0.1, -0.05) is 0 Å². The van der Waals surface area contributed by atoms with Crippen molar-refractivity contribution in [3.63, 3.8) is 0 Å². The summed E-state index contributed by atoms with van der Waals surface area (Å²) in [6, 6.07) is 2.34. The summed E-state index contributed by atoms with van der Waals surface area (Å²) in [4.78, 5) is 16.7. The molecule has 2 aromatic heterocycles. The lowest BCUT2D eigenvalue weighted by molar-refractivity contribution is -0.140. The predicted molar refractivity (Wildman–Crippen MR) is 94.5 cm³/mol. The smallest absolute Gasteiger partial charge is 0.351 e. The minimum atomic E-state index is -4.48. The number of pyridine rings is 1. The first-order valence-electron chi connectivity index (χ1n) is 7.82. The molecule has 138 valence electrons. The number of alkyl halides is 3. The molecule has 2 aromatic rings. The third kappa shape index (κ3) is 4.43. The van der Waals surface area contributed by atoms with E-state index >= 15 is 0 Å². The van der Waals surface area contributed by atoms with Crippen LogP contribution in [0.25, 0.3) is 10.2 Å². The Balaban J connectivity index is 0.00000225. The molecule has 0 radical (unpaired) electrons. The van der Waals surface area contributed by atoms with Crippen molar-refractivity contribution in [3.8, 4) is 0 Å². The van der Waals surface area contributed by atoms with Crippen LogP contribution in [0.5, 0.6) is 0 Å². The Bertz CT molecular complexity index is 757. The second-order valence-corrected chi connectivity index (χ2v) is 7.02. The maximum atomic E-state index is 12.8. The van der Waals surface area contributed by atoms with Crippen LogP contribution in [0.3, 0.4) is 0 Å². The molecule has 2 N–H and O–H groups in total. The number of halogens is 4. The van der Waals surface area contributed by atoms with Crippen LogP contribution in [0.2, 0.25) is 0 Å². The van der Waals surface area contributed by atoms with Crippen molar-refractivity contribution in [3.05, 3.63) is 28.3 Å². The molecule has 1 atom stereocenters. The highest BCUT2D eigenvalue weighted by atomic mass is 35.5. The van der Waals surface area contributed by atoms with Crippen molar-refractivity contribution < 1.29 is 18.0 Å². The Kier molecular flexibility index (Phi) is 6.29. The Morgan fingerprint density at radius 1 is 1.44 bits per heavy atom. The average molecular weight is 394 g/mol. The minimum absolute atomic E-state index is 0. The number of thiophene rings is 1. The van der Waals surface area contributed by atoms with E-state index in [0.29, 0.717) is 28.3 Å². The summed E-state index contributed by atoms with van der Waals surface area (Å²) in [5, 5.41) is 6.78. The molecule has 1 fully saturated rings. The normalized spacial score (nSPS) is 18.0. The lowest BCUT2D eigenvalue weighted by Crippen LogP contribution is -2.38. The lowest BCUT2D eigenvalue weighted by Gasteiger charge is -2.22. The van der Waals surface area contributed by atoms with Crippen LogP contribution in [0.4, 0.5) is 13.2 Å². The van der Waals surface area contributed by atoms with E-state index in [4.69, 9.17) is 0 Å². The average Bonchev–Trinajstić information content (AvgIpc) is 2.89. The molecule has 9 heteroatoms. The summed E-state index contributed by atoms with van der Waals surface area (Å²) >= 11 is 1.01. The first kappa shape index (κ1) is 19.9. The molecule has 3 rings (SSSR count). The maximum absolute atomic E-state index is 12.8. The van der Waals surface area contributed by atoms with Crippen LogP contribution in [-0.4, -0.2) is 30.5 Å². The molecule has 0 aliphatic carbocycles. The van der Waals surface area contributed by atoms with Crippen LogP contribution in [0.15, 0.2) is 12.1 Å². The summed E-state index contributed by atoms with van der Waals surface area (Å²) in [6.07, 6.45) is -2.33. The fourth-order valence-electron chi connectivity index (χ4n) is 2.89. The van der Waals surface area contributed by atoms with Gasteiger partial charge >= 0.3 is 6.18 Å². The quantitative estimate of drug-likeness (QED) is 0.834. The first-order valence-corrected chi connectivity index (χ1v) is 8.64. The molecule has 0 bridgehead atoms. The van der Waals surface area contributed by atoms with Crippen LogP contribution >= 0.6 is 23.7 Å². The number of aromatic nitrogens is 1. The van der Waals surface area contributed by atoms with Gasteiger partial charge in [-0.05, 0) is 56.5 Å². The third-order valence-electron chi connectivity index (χ3n) is 4.25. The second-order valence-electron chi connectivity index (χ2n) is 6.03. The molecule has 0 saturated carbocycles. The van der Waals surface area contributed by atoms with Crippen molar-refractivity contribution in [1.82, 2.24) is 15.6 Å². The molecule has 3 heterocycles. The summed E-state index contributed by atoms with van der Waals surface area (Å²) in [7, 11) is 0. The van der Waals surface area contributed by atoms with Gasteiger partial charge in [0.25, 0.3) is 5.91 Å². The van der Waals surface area contributed by atoms with Gasteiger partial charge in [-0.25, -0.2) is 4.98 Å². The number of piperidine rings is 1. The Morgan fingerprint density at radius 2 is 2.20 bits per heavy atom. The summed E-state index contributed by atoms with van der Waals surface area (Å²) < 4.78 is 38.3. The van der Waals surface area contributed by atoms with E-state index in [9.17, 15) is 18.0 Å². The van der Waals surface area contributed by atoms with E-state index in [1.807, 2.05) is 0 Å². The van der Waals surface area contributed by atoms with Crippen molar-refractivity contribution in [2.75, 3.05) is 19.6 Å². The molecule has 25 heavy (non-hydrogen) atoms. The van der Waals surface area contributed by atoms with Gasteiger partial charge in [0.1, 0.15) is 10.5 Å². The SMILES string of the molecule is Cc1c(C(=O)NCC2CCCNC2)sc2nc(C(F)(F)F)ccc12.Cl. The van der Waals surface area contributed by atoms with Crippen molar-refractivity contribution in [2.24, 2.45) is 5.92 Å². The highest BCUT2D eigenvalue weighted by Crippen LogP contribution is 2.34. The van der Waals surface area contributed by atoms with Crippen LogP contribution < -0.4 is 10.6 Å². The third-order valence-corrected chi connectivity index (χ3v) is 5.45. The van der Waals surface area contributed by atoms with Gasteiger partial charge < -0.3 is 10.6 Å². The summed E-state index contributed by atoms with van der Waals surface area (Å²) in [5.74, 6) is 0.155. The number of carbonyl (C=O) groups excluding carboxylic acids is 1. The van der Waals surface area contributed by atoms with E-state index in [2.05, 4.69) is 15.6 Å². The van der Waals surface area contributed by atoms with Gasteiger partial charge in [0.2, 0.25) is 0 Å². The number of hydrogen-bond donors (Lipinski definition) is 2. The first-order chi connectivity index (χ1) is 11.4. The zero-order chi connectivity index (χ0) is 17.3. The highest BCUT2D eigenvalue weighted by molar-refractivity contribution is 7.20. The molecule has 1 amide bonds. The summed E-state index contributed by atoms with van der Waals surface area (Å²) in [6.45, 7) is 4.20. The number of nitrogens with one attached hydrogen (secondary N) is 2. The Morgan fingerprint density at radius 3 is 2.84 bits per heavy atom. The molecule has 4 nitrogen and oxygen atoms in total. The highest BCUT2D eigenvalue weighted by Gasteiger charge is 2.33. The number of nitrogens with zero attached hydrogens (tertiary/aromatic N) is 1. The number of aryl methyl sites for hydroxylation is 1. The molecule has 0 aromatic carbocycles. The number of fused-ring (bicyclic) bond motifs is 1. The topological polar surface area (TPSA) is 54.0 Å². The van der Waals surface area contributed by atoms with Crippen molar-refractivity contribution in [1.29, 1.82) is 0 Å². The fourth-order valence-corrected chi connectivity index (χ4v) is 3.99. The van der Waals surface area contributed by atoms with Gasteiger partial charge in [0, 0.05) is 11.9 Å². The summed E-state index contributed by atoms with van der Waals surface area (Å²) in [5.41, 5.74) is -0.257. The van der Waals surface area contributed by atoms with Crippen LogP contribution in [0.1, 0.15) is 33.8 Å². The monoisotopic (exact) mass is 393 g/mol. The number of amides is 1. The van der Waals surface area contributed by atoms with Crippen LogP contribution in [-0.2, 0) is 6.18 Å². The second kappa shape index (κ2) is 7.88. The zero-order valence-corrected chi connectivity index (χ0v) is 15.2. The Hall–Kier alpha value is -1.38. The molecule has 1 saturated heterocycles. The fraction of sp³-hybridized carbons (Fsp3) is 0.500. The molecular formula is C16H19ClF3N3OS. The van der Waals surface area contributed by atoms with E-state index in [0.717, 1.165) is 43.3 Å². The van der Waals surface area contributed by atoms with Gasteiger partial charge in [-0.2, -0.15) is 13.2 Å². The van der Waals surface area contributed by atoms with E-state index in [-0.39, 0.29) is 23.1 Å². The molecule has 0 spiro atoms. The number of carbonyl (C=O) groups is 1. The standard InChI is InChI=1S/C16H18F3N3OS.ClH/c1-9-11-4-5-12(16(17,18)19)22-15(11)24-13(9)14(23)21-8-10-3-2-6-20-7-10;/h4-5,10,20H,2-3,6-8H2,1H3,(H,21,23);1H. The molecular weight excluding hydrogens is 375 g/mol. The van der Waals surface area contributed by atoms with Gasteiger partial charge in [0.05, 0.1) is 4.88 Å². The minimum Gasteiger partial charge on any atom is -0.351 e. The largest absolute Gasteiger partial charge is 0.433 e. The predicted octanol–water partition coefficient (Wildman–Crippen LogP) is 3.77. The number of hydrogen-bond acceptors (Lipinski definition) is 4. The van der Waals surface area contributed by atoms with Gasteiger partial charge in [-0.3, -0.25) is 4.79 Å². The van der Waals surface area contributed by atoms with Gasteiger partial charge in [0.15, 0.2) is 0 Å². The van der Waals surface area contributed by atoms with E-state index in [1.165, 1.54) is 6.07 Å². The maximum Gasteiger partial charge on any atom is 0.433 e. The number of rotatable bonds is 3. The van der Waals surface area contributed by atoms with Crippen molar-refractivity contribution >= 4 is 39.9 Å².